The van der Waals surface area contributed by atoms with E-state index in [1.807, 2.05) is 67.6 Å². The third kappa shape index (κ3) is 3.49. The molecule has 1 aliphatic heterocycles. The van der Waals surface area contributed by atoms with E-state index in [9.17, 15) is 9.90 Å². The van der Waals surface area contributed by atoms with Crippen molar-refractivity contribution in [2.45, 2.75) is 19.4 Å². The maximum atomic E-state index is 12.9. The lowest BCUT2D eigenvalue weighted by Crippen LogP contribution is -2.03. The number of fused-ring (bicyclic) bond motifs is 1. The lowest BCUT2D eigenvalue weighted by atomic mass is 9.95. The SMILES string of the molecule is C/C(=C\C(=O)c1cc(O)cc2c1C[C@@H](c1ccccc1)O2)c1ccccc1. The summed E-state index contributed by atoms with van der Waals surface area (Å²) in [6.45, 7) is 1.92. The number of phenolic OH excluding ortho intramolecular Hbond substituents is 1. The first-order valence-electron chi connectivity index (χ1n) is 8.97. The minimum absolute atomic E-state index is 0.0385. The third-order valence-corrected chi connectivity index (χ3v) is 4.87. The molecule has 0 fully saturated rings. The van der Waals surface area contributed by atoms with Gasteiger partial charge in [-0.05, 0) is 35.8 Å². The van der Waals surface area contributed by atoms with Gasteiger partial charge in [-0.1, -0.05) is 60.7 Å². The number of hydrogen-bond donors (Lipinski definition) is 1. The Morgan fingerprint density at radius 3 is 2.41 bits per heavy atom. The monoisotopic (exact) mass is 356 g/mol. The fraction of sp³-hybridized carbons (Fsp3) is 0.125. The molecular formula is C24H20O3. The van der Waals surface area contributed by atoms with Gasteiger partial charge >= 0.3 is 0 Å². The normalized spacial score (nSPS) is 15.9. The topological polar surface area (TPSA) is 46.5 Å². The highest BCUT2D eigenvalue weighted by Crippen LogP contribution is 2.41. The fourth-order valence-electron chi connectivity index (χ4n) is 3.46. The number of allylic oxidation sites excluding steroid dienone is 2. The van der Waals surface area contributed by atoms with E-state index >= 15 is 0 Å². The number of phenols is 1. The number of aromatic hydroxyl groups is 1. The number of ether oxygens (including phenoxy) is 1. The summed E-state index contributed by atoms with van der Waals surface area (Å²) in [4.78, 5) is 12.9. The molecular weight excluding hydrogens is 336 g/mol. The maximum absolute atomic E-state index is 12.9. The van der Waals surface area contributed by atoms with E-state index in [-0.39, 0.29) is 17.6 Å². The largest absolute Gasteiger partial charge is 0.508 e. The average molecular weight is 356 g/mol. The molecule has 3 aromatic rings. The van der Waals surface area contributed by atoms with Crippen LogP contribution in [0.5, 0.6) is 11.5 Å². The Bertz CT molecular complexity index is 1000. The molecule has 0 bridgehead atoms. The van der Waals surface area contributed by atoms with Gasteiger partial charge in [-0.25, -0.2) is 0 Å². The van der Waals surface area contributed by atoms with Crippen molar-refractivity contribution in [2.75, 3.05) is 0 Å². The fourth-order valence-corrected chi connectivity index (χ4v) is 3.46. The van der Waals surface area contributed by atoms with Gasteiger partial charge in [-0.15, -0.1) is 0 Å². The van der Waals surface area contributed by atoms with Crippen molar-refractivity contribution in [1.82, 2.24) is 0 Å². The molecule has 0 spiro atoms. The molecule has 0 unspecified atom stereocenters. The average Bonchev–Trinajstić information content (AvgIpc) is 3.12. The van der Waals surface area contributed by atoms with Crippen LogP contribution in [0.25, 0.3) is 5.57 Å². The first-order valence-corrected chi connectivity index (χ1v) is 8.97. The number of carbonyl (C=O) groups excluding carboxylic acids is 1. The Balaban J connectivity index is 1.67. The summed E-state index contributed by atoms with van der Waals surface area (Å²) < 4.78 is 6.02. The van der Waals surface area contributed by atoms with Gasteiger partial charge in [0.25, 0.3) is 0 Å². The minimum Gasteiger partial charge on any atom is -0.508 e. The quantitative estimate of drug-likeness (QED) is 0.506. The van der Waals surface area contributed by atoms with E-state index in [0.717, 1.165) is 22.3 Å². The molecule has 4 rings (SSSR count). The lowest BCUT2D eigenvalue weighted by molar-refractivity contribution is 0.104. The van der Waals surface area contributed by atoms with E-state index < -0.39 is 0 Å². The molecule has 134 valence electrons. The molecule has 0 saturated carbocycles. The summed E-state index contributed by atoms with van der Waals surface area (Å²) in [5.41, 5.74) is 4.29. The molecule has 3 heteroatoms. The second-order valence-corrected chi connectivity index (χ2v) is 6.75. The molecule has 0 aromatic heterocycles. The Morgan fingerprint density at radius 2 is 1.70 bits per heavy atom. The molecule has 3 nitrogen and oxygen atoms in total. The number of carbonyl (C=O) groups is 1. The van der Waals surface area contributed by atoms with Crippen LogP contribution in [0.3, 0.4) is 0 Å². The van der Waals surface area contributed by atoms with Crippen LogP contribution in [-0.2, 0) is 6.42 Å². The molecule has 1 atom stereocenters. The van der Waals surface area contributed by atoms with Gasteiger partial charge in [-0.2, -0.15) is 0 Å². The predicted octanol–water partition coefficient (Wildman–Crippen LogP) is 5.35. The molecule has 0 saturated heterocycles. The van der Waals surface area contributed by atoms with Crippen molar-refractivity contribution in [3.05, 3.63) is 101 Å². The van der Waals surface area contributed by atoms with Crippen LogP contribution in [0, 0.1) is 0 Å². The summed E-state index contributed by atoms with van der Waals surface area (Å²) in [5.74, 6) is 0.496. The smallest absolute Gasteiger partial charge is 0.186 e. The first-order chi connectivity index (χ1) is 13.1. The van der Waals surface area contributed by atoms with Gasteiger partial charge in [0.15, 0.2) is 5.78 Å². The van der Waals surface area contributed by atoms with Gasteiger partial charge in [0.2, 0.25) is 0 Å². The maximum Gasteiger partial charge on any atom is 0.186 e. The van der Waals surface area contributed by atoms with Crippen LogP contribution >= 0.6 is 0 Å². The van der Waals surface area contributed by atoms with Gasteiger partial charge in [0.05, 0.1) is 0 Å². The Labute approximate surface area is 158 Å². The molecule has 1 aliphatic rings. The third-order valence-electron chi connectivity index (χ3n) is 4.87. The van der Waals surface area contributed by atoms with Crippen LogP contribution in [0.1, 0.15) is 40.1 Å². The van der Waals surface area contributed by atoms with Crippen molar-refractivity contribution in [3.8, 4) is 11.5 Å². The zero-order valence-corrected chi connectivity index (χ0v) is 15.1. The van der Waals surface area contributed by atoms with Gasteiger partial charge in [0, 0.05) is 23.6 Å². The van der Waals surface area contributed by atoms with E-state index in [1.54, 1.807) is 12.1 Å². The van der Waals surface area contributed by atoms with Crippen LogP contribution in [0.15, 0.2) is 78.9 Å². The molecule has 0 aliphatic carbocycles. The highest BCUT2D eigenvalue weighted by atomic mass is 16.5. The molecule has 27 heavy (non-hydrogen) atoms. The first kappa shape index (κ1) is 17.1. The standard InChI is InChI=1S/C24H20O3/c1-16(17-8-4-2-5-9-17)12-22(26)20-13-19(25)14-24-21(20)15-23(27-24)18-10-6-3-7-11-18/h2-14,23,25H,15H2,1H3/b16-12+/t23-/m0/s1. The van der Waals surface area contributed by atoms with E-state index in [4.69, 9.17) is 4.74 Å². The second-order valence-electron chi connectivity index (χ2n) is 6.75. The Morgan fingerprint density at radius 1 is 1.04 bits per heavy atom. The van der Waals surface area contributed by atoms with E-state index in [1.165, 1.54) is 6.07 Å². The highest BCUT2D eigenvalue weighted by molar-refractivity contribution is 6.10. The van der Waals surface area contributed by atoms with Crippen LogP contribution in [-0.4, -0.2) is 10.9 Å². The van der Waals surface area contributed by atoms with Crippen molar-refractivity contribution >= 4 is 11.4 Å². The number of rotatable bonds is 4. The van der Waals surface area contributed by atoms with Crippen LogP contribution in [0.4, 0.5) is 0 Å². The number of ketones is 1. The van der Waals surface area contributed by atoms with Crippen molar-refractivity contribution in [3.63, 3.8) is 0 Å². The van der Waals surface area contributed by atoms with Gasteiger partial charge < -0.3 is 9.84 Å². The minimum atomic E-state index is -0.145. The summed E-state index contributed by atoms with van der Waals surface area (Å²) >= 11 is 0. The van der Waals surface area contributed by atoms with Gasteiger partial charge in [0.1, 0.15) is 17.6 Å². The molecule has 0 radical (unpaired) electrons. The summed E-state index contributed by atoms with van der Waals surface area (Å²) in [5, 5.41) is 10.1. The zero-order valence-electron chi connectivity index (χ0n) is 15.1. The van der Waals surface area contributed by atoms with Crippen molar-refractivity contribution < 1.29 is 14.6 Å². The van der Waals surface area contributed by atoms with Gasteiger partial charge in [-0.3, -0.25) is 4.79 Å². The highest BCUT2D eigenvalue weighted by Gasteiger charge is 2.29. The van der Waals surface area contributed by atoms with E-state index in [0.29, 0.717) is 17.7 Å². The summed E-state index contributed by atoms with van der Waals surface area (Å²) in [6.07, 6.45) is 2.09. The lowest BCUT2D eigenvalue weighted by Gasteiger charge is -2.10. The van der Waals surface area contributed by atoms with Crippen LogP contribution in [0.2, 0.25) is 0 Å². The Hall–Kier alpha value is -3.33. The van der Waals surface area contributed by atoms with E-state index in [2.05, 4.69) is 0 Å². The molecule has 3 aromatic carbocycles. The zero-order chi connectivity index (χ0) is 18.8. The summed E-state index contributed by atoms with van der Waals surface area (Å²) in [7, 11) is 0. The number of benzene rings is 3. The Kier molecular flexibility index (Phi) is 4.51. The predicted molar refractivity (Wildman–Crippen MR) is 106 cm³/mol. The van der Waals surface area contributed by atoms with Crippen molar-refractivity contribution in [1.29, 1.82) is 0 Å². The second kappa shape index (κ2) is 7.12. The molecule has 1 heterocycles. The van der Waals surface area contributed by atoms with Crippen molar-refractivity contribution in [2.24, 2.45) is 0 Å². The van der Waals surface area contributed by atoms with Crippen LogP contribution < -0.4 is 4.74 Å². The summed E-state index contributed by atoms with van der Waals surface area (Å²) in [6, 6.07) is 22.8. The molecule has 1 N–H and O–H groups in total. The number of hydrogen-bond acceptors (Lipinski definition) is 3. The molecule has 0 amide bonds.